The third kappa shape index (κ3) is 2.50. The number of nitro groups is 1. The van der Waals surface area contributed by atoms with Crippen LogP contribution in [0.1, 0.15) is 24.3 Å². The summed E-state index contributed by atoms with van der Waals surface area (Å²) in [5, 5.41) is 14.5. The Bertz CT molecular complexity index is 445. The molecular weight excluding hydrogens is 242 g/mol. The second kappa shape index (κ2) is 4.89. The quantitative estimate of drug-likeness (QED) is 0.483. The van der Waals surface area contributed by atoms with Gasteiger partial charge in [0.15, 0.2) is 0 Å². The second-order valence-electron chi connectivity index (χ2n) is 4.21. The van der Waals surface area contributed by atoms with E-state index in [1.54, 1.807) is 6.07 Å². The van der Waals surface area contributed by atoms with Crippen molar-refractivity contribution >= 4 is 23.0 Å². The van der Waals surface area contributed by atoms with Gasteiger partial charge >= 0.3 is 0 Å². The van der Waals surface area contributed by atoms with E-state index in [1.165, 1.54) is 6.07 Å². The fourth-order valence-corrected chi connectivity index (χ4v) is 2.37. The number of piperidine rings is 1. The van der Waals surface area contributed by atoms with Gasteiger partial charge < -0.3 is 11.1 Å². The first kappa shape index (κ1) is 12.1. The SMILES string of the molecule is Nc1cc(C2CCNCC2)c([N+](=O)[O-])cc1Cl. The van der Waals surface area contributed by atoms with Crippen LogP contribution in [-0.4, -0.2) is 18.0 Å². The van der Waals surface area contributed by atoms with Crippen molar-refractivity contribution in [3.8, 4) is 0 Å². The Hall–Kier alpha value is -1.33. The summed E-state index contributed by atoms with van der Waals surface area (Å²) in [6.07, 6.45) is 1.78. The van der Waals surface area contributed by atoms with Crippen LogP contribution in [0.2, 0.25) is 5.02 Å². The predicted molar refractivity (Wildman–Crippen MR) is 67.4 cm³/mol. The molecule has 0 bridgehead atoms. The summed E-state index contributed by atoms with van der Waals surface area (Å²) < 4.78 is 0. The lowest BCUT2D eigenvalue weighted by atomic mass is 9.89. The number of nitrogens with one attached hydrogen (secondary N) is 1. The highest BCUT2D eigenvalue weighted by molar-refractivity contribution is 6.33. The molecule has 92 valence electrons. The predicted octanol–water partition coefficient (Wildman–Crippen LogP) is 2.30. The van der Waals surface area contributed by atoms with Crippen LogP contribution in [0.3, 0.4) is 0 Å². The number of halogens is 1. The lowest BCUT2D eigenvalue weighted by Crippen LogP contribution is -2.27. The zero-order chi connectivity index (χ0) is 12.4. The zero-order valence-corrected chi connectivity index (χ0v) is 10.0. The fourth-order valence-electron chi connectivity index (χ4n) is 2.22. The van der Waals surface area contributed by atoms with Crippen LogP contribution >= 0.6 is 11.6 Å². The Morgan fingerprint density at radius 1 is 1.41 bits per heavy atom. The molecule has 1 aliphatic heterocycles. The molecule has 0 unspecified atom stereocenters. The molecule has 5 nitrogen and oxygen atoms in total. The van der Waals surface area contributed by atoms with Crippen LogP contribution in [0.5, 0.6) is 0 Å². The van der Waals surface area contributed by atoms with Gasteiger partial charge in [-0.15, -0.1) is 0 Å². The number of hydrogen-bond donors (Lipinski definition) is 2. The highest BCUT2D eigenvalue weighted by Crippen LogP contribution is 2.36. The zero-order valence-electron chi connectivity index (χ0n) is 9.28. The number of nitrogens with two attached hydrogens (primary N) is 1. The number of benzene rings is 1. The van der Waals surface area contributed by atoms with E-state index in [0.29, 0.717) is 11.3 Å². The van der Waals surface area contributed by atoms with E-state index in [-0.39, 0.29) is 21.6 Å². The maximum Gasteiger partial charge on any atom is 0.274 e. The lowest BCUT2D eigenvalue weighted by molar-refractivity contribution is -0.385. The van der Waals surface area contributed by atoms with Crippen LogP contribution in [0.4, 0.5) is 11.4 Å². The normalized spacial score (nSPS) is 17.0. The Balaban J connectivity index is 2.42. The summed E-state index contributed by atoms with van der Waals surface area (Å²) in [4.78, 5) is 10.6. The van der Waals surface area contributed by atoms with Crippen molar-refractivity contribution in [2.24, 2.45) is 0 Å². The molecule has 0 aliphatic carbocycles. The molecule has 0 saturated carbocycles. The number of anilines is 1. The first-order chi connectivity index (χ1) is 8.09. The highest BCUT2D eigenvalue weighted by atomic mass is 35.5. The Kier molecular flexibility index (Phi) is 3.49. The topological polar surface area (TPSA) is 81.2 Å². The molecule has 2 rings (SSSR count). The van der Waals surface area contributed by atoms with Crippen LogP contribution in [0.25, 0.3) is 0 Å². The van der Waals surface area contributed by atoms with Crippen LogP contribution < -0.4 is 11.1 Å². The average molecular weight is 256 g/mol. The number of hydrogen-bond acceptors (Lipinski definition) is 4. The Morgan fingerprint density at radius 2 is 2.06 bits per heavy atom. The number of rotatable bonds is 2. The third-order valence-corrected chi connectivity index (χ3v) is 3.45. The van der Waals surface area contributed by atoms with Crippen LogP contribution in [-0.2, 0) is 0 Å². The molecule has 0 amide bonds. The van der Waals surface area contributed by atoms with Crippen molar-refractivity contribution in [2.75, 3.05) is 18.8 Å². The second-order valence-corrected chi connectivity index (χ2v) is 4.62. The van der Waals surface area contributed by atoms with Gasteiger partial charge in [0.2, 0.25) is 0 Å². The molecule has 1 saturated heterocycles. The van der Waals surface area contributed by atoms with E-state index < -0.39 is 0 Å². The summed E-state index contributed by atoms with van der Waals surface area (Å²) in [5.74, 6) is 0.191. The first-order valence-electron chi connectivity index (χ1n) is 5.53. The highest BCUT2D eigenvalue weighted by Gasteiger charge is 2.25. The lowest BCUT2D eigenvalue weighted by Gasteiger charge is -2.23. The molecule has 0 atom stereocenters. The Labute approximate surface area is 104 Å². The van der Waals surface area contributed by atoms with Gasteiger partial charge in [0.1, 0.15) is 0 Å². The van der Waals surface area contributed by atoms with Crippen molar-refractivity contribution in [2.45, 2.75) is 18.8 Å². The van der Waals surface area contributed by atoms with Crippen LogP contribution in [0, 0.1) is 10.1 Å². The molecule has 0 spiro atoms. The molecular formula is C11H14ClN3O2. The van der Waals surface area contributed by atoms with Gasteiger partial charge in [0.25, 0.3) is 5.69 Å². The van der Waals surface area contributed by atoms with E-state index in [4.69, 9.17) is 17.3 Å². The van der Waals surface area contributed by atoms with Crippen molar-refractivity contribution in [3.63, 3.8) is 0 Å². The van der Waals surface area contributed by atoms with Crippen molar-refractivity contribution < 1.29 is 4.92 Å². The van der Waals surface area contributed by atoms with Crippen LogP contribution in [0.15, 0.2) is 12.1 Å². The van der Waals surface area contributed by atoms with Crippen molar-refractivity contribution in [3.05, 3.63) is 32.8 Å². The van der Waals surface area contributed by atoms with Gasteiger partial charge in [-0.3, -0.25) is 10.1 Å². The van der Waals surface area contributed by atoms with Gasteiger partial charge in [-0.1, -0.05) is 11.6 Å². The standard InChI is InChI=1S/C11H14ClN3O2/c12-9-6-11(15(16)17)8(5-10(9)13)7-1-3-14-4-2-7/h5-7,14H,1-4,13H2. The van der Waals surface area contributed by atoms with Gasteiger partial charge in [0.05, 0.1) is 15.6 Å². The summed E-state index contributed by atoms with van der Waals surface area (Å²) in [5.41, 5.74) is 6.92. The third-order valence-electron chi connectivity index (χ3n) is 3.12. The maximum absolute atomic E-state index is 11.0. The largest absolute Gasteiger partial charge is 0.398 e. The number of nitro benzene ring substituents is 1. The maximum atomic E-state index is 11.0. The number of nitrogen functional groups attached to an aromatic ring is 1. The van der Waals surface area contributed by atoms with E-state index in [9.17, 15) is 10.1 Å². The molecule has 1 aromatic carbocycles. The van der Waals surface area contributed by atoms with E-state index in [2.05, 4.69) is 5.32 Å². The first-order valence-corrected chi connectivity index (χ1v) is 5.91. The molecule has 1 fully saturated rings. The molecule has 0 radical (unpaired) electrons. The molecule has 3 N–H and O–H groups in total. The molecule has 1 aromatic rings. The number of nitrogens with zero attached hydrogens (tertiary/aromatic N) is 1. The molecule has 1 aliphatic rings. The summed E-state index contributed by atoms with van der Waals surface area (Å²) in [7, 11) is 0. The van der Waals surface area contributed by atoms with Gasteiger partial charge in [-0.05, 0) is 37.9 Å². The van der Waals surface area contributed by atoms with Gasteiger partial charge in [0, 0.05) is 11.6 Å². The smallest absolute Gasteiger partial charge is 0.274 e. The Morgan fingerprint density at radius 3 is 2.65 bits per heavy atom. The van der Waals surface area contributed by atoms with E-state index in [1.807, 2.05) is 0 Å². The summed E-state index contributed by atoms with van der Waals surface area (Å²) >= 11 is 5.83. The van der Waals surface area contributed by atoms with E-state index >= 15 is 0 Å². The summed E-state index contributed by atoms with van der Waals surface area (Å²) in [6.45, 7) is 1.76. The summed E-state index contributed by atoms with van der Waals surface area (Å²) in [6, 6.07) is 3.00. The molecule has 17 heavy (non-hydrogen) atoms. The van der Waals surface area contributed by atoms with Gasteiger partial charge in [-0.25, -0.2) is 0 Å². The monoisotopic (exact) mass is 255 g/mol. The van der Waals surface area contributed by atoms with Gasteiger partial charge in [-0.2, -0.15) is 0 Å². The molecule has 6 heteroatoms. The van der Waals surface area contributed by atoms with Crippen molar-refractivity contribution in [1.29, 1.82) is 0 Å². The average Bonchev–Trinajstić information content (AvgIpc) is 2.33. The molecule has 1 heterocycles. The van der Waals surface area contributed by atoms with Crippen molar-refractivity contribution in [1.82, 2.24) is 5.32 Å². The minimum Gasteiger partial charge on any atom is -0.398 e. The van der Waals surface area contributed by atoms with E-state index in [0.717, 1.165) is 25.9 Å². The minimum atomic E-state index is -0.386. The molecule has 0 aromatic heterocycles. The minimum absolute atomic E-state index is 0.0797. The fraction of sp³-hybridized carbons (Fsp3) is 0.455.